The van der Waals surface area contributed by atoms with Crippen molar-refractivity contribution in [3.05, 3.63) is 32.5 Å². The van der Waals surface area contributed by atoms with E-state index < -0.39 is 5.82 Å². The molecule has 2 rings (SSSR count). The minimum absolute atomic E-state index is 0.134. The van der Waals surface area contributed by atoms with Gasteiger partial charge in [0.25, 0.3) is 0 Å². The van der Waals surface area contributed by atoms with Crippen molar-refractivity contribution in [2.45, 2.75) is 12.8 Å². The van der Waals surface area contributed by atoms with Gasteiger partial charge in [0, 0.05) is 10.9 Å². The number of halogens is 3. The Kier molecular flexibility index (Phi) is 2.16. The van der Waals surface area contributed by atoms with Crippen LogP contribution in [-0.4, -0.2) is 5.78 Å². The number of carbonyl (C=O) groups excluding carboxylic acids is 1. The first kappa shape index (κ1) is 9.16. The third kappa shape index (κ3) is 1.30. The van der Waals surface area contributed by atoms with Gasteiger partial charge in [-0.15, -0.1) is 0 Å². The molecule has 0 aliphatic heterocycles. The molecule has 1 aliphatic carbocycles. The minimum atomic E-state index is -0.509. The van der Waals surface area contributed by atoms with Gasteiger partial charge in [0.05, 0.1) is 10.6 Å². The lowest BCUT2D eigenvalue weighted by Crippen LogP contribution is -1.97. The maximum absolute atomic E-state index is 13.3. The summed E-state index contributed by atoms with van der Waals surface area (Å²) in [5, 5.41) is 0.325. The fourth-order valence-corrected chi connectivity index (χ4v) is 2.27. The largest absolute Gasteiger partial charge is 0.294 e. The van der Waals surface area contributed by atoms with Crippen molar-refractivity contribution in [1.82, 2.24) is 0 Å². The van der Waals surface area contributed by atoms with Crippen LogP contribution in [-0.2, 0) is 6.42 Å². The molecule has 0 spiro atoms. The van der Waals surface area contributed by atoms with E-state index in [0.29, 0.717) is 27.9 Å². The van der Waals surface area contributed by atoms with Crippen LogP contribution in [0.4, 0.5) is 4.39 Å². The zero-order valence-corrected chi connectivity index (χ0v) is 8.88. The van der Waals surface area contributed by atoms with E-state index >= 15 is 0 Å². The number of Topliss-reactive ketones (excluding diaryl/α,β-unsaturated/α-hetero) is 1. The highest BCUT2D eigenvalue weighted by Gasteiger charge is 2.26. The lowest BCUT2D eigenvalue weighted by Gasteiger charge is -2.04. The van der Waals surface area contributed by atoms with E-state index in [4.69, 9.17) is 11.6 Å². The molecule has 0 heterocycles. The second-order valence-corrected chi connectivity index (χ2v) is 4.13. The highest BCUT2D eigenvalue weighted by Crippen LogP contribution is 2.36. The Hall–Kier alpha value is -0.410. The van der Waals surface area contributed by atoms with Crippen LogP contribution in [0, 0.1) is 5.82 Å². The van der Waals surface area contributed by atoms with Crippen LogP contribution in [0.3, 0.4) is 0 Å². The predicted octanol–water partition coefficient (Wildman–Crippen LogP) is 3.37. The normalized spacial score (nSPS) is 14.8. The molecule has 1 aromatic rings. The molecule has 0 aromatic heterocycles. The van der Waals surface area contributed by atoms with Crippen LogP contribution in [0.25, 0.3) is 0 Å². The number of carbonyl (C=O) groups is 1. The molecule has 0 radical (unpaired) electrons. The molecule has 1 aromatic carbocycles. The van der Waals surface area contributed by atoms with Gasteiger partial charge in [-0.1, -0.05) is 11.6 Å². The van der Waals surface area contributed by atoms with Crippen molar-refractivity contribution in [2.24, 2.45) is 0 Å². The molecule has 0 atom stereocenters. The lowest BCUT2D eigenvalue weighted by atomic mass is 10.1. The topological polar surface area (TPSA) is 17.1 Å². The Labute approximate surface area is 88.0 Å². The average molecular weight is 263 g/mol. The summed E-state index contributed by atoms with van der Waals surface area (Å²) in [7, 11) is 0. The van der Waals surface area contributed by atoms with Gasteiger partial charge in [0.15, 0.2) is 5.78 Å². The second-order valence-electron chi connectivity index (χ2n) is 2.93. The lowest BCUT2D eigenvalue weighted by molar-refractivity contribution is 0.0991. The molecular weight excluding hydrogens is 258 g/mol. The Bertz CT molecular complexity index is 403. The zero-order valence-electron chi connectivity index (χ0n) is 6.53. The van der Waals surface area contributed by atoms with Gasteiger partial charge in [-0.2, -0.15) is 0 Å². The average Bonchev–Trinajstić information content (AvgIpc) is 2.44. The quantitative estimate of drug-likeness (QED) is 0.656. The van der Waals surface area contributed by atoms with Gasteiger partial charge < -0.3 is 0 Å². The smallest absolute Gasteiger partial charge is 0.166 e. The molecule has 4 heteroatoms. The van der Waals surface area contributed by atoms with Crippen LogP contribution in [0.2, 0.25) is 5.02 Å². The minimum Gasteiger partial charge on any atom is -0.294 e. The summed E-state index contributed by atoms with van der Waals surface area (Å²) in [6.07, 6.45) is 0.956. The van der Waals surface area contributed by atoms with E-state index in [0.717, 1.165) is 0 Å². The molecule has 0 amide bonds. The standard InChI is InChI=1S/C9H5BrClFO/c10-9-4-1-2-7(13)8(4)6(12)3-5(9)11/h3H,1-2H2. The van der Waals surface area contributed by atoms with E-state index in [1.807, 2.05) is 0 Å². The summed E-state index contributed by atoms with van der Waals surface area (Å²) in [5.41, 5.74) is 0.909. The van der Waals surface area contributed by atoms with Crippen LogP contribution in [0.5, 0.6) is 0 Å². The monoisotopic (exact) mass is 262 g/mol. The predicted molar refractivity (Wildman–Crippen MR) is 51.8 cm³/mol. The molecule has 13 heavy (non-hydrogen) atoms. The molecule has 0 saturated carbocycles. The first-order valence-corrected chi connectivity index (χ1v) is 4.98. The van der Waals surface area contributed by atoms with Gasteiger partial charge >= 0.3 is 0 Å². The van der Waals surface area contributed by atoms with E-state index in [9.17, 15) is 9.18 Å². The molecule has 1 nitrogen and oxygen atoms in total. The van der Waals surface area contributed by atoms with Crippen molar-refractivity contribution in [2.75, 3.05) is 0 Å². The Morgan fingerprint density at radius 2 is 2.15 bits per heavy atom. The second kappa shape index (κ2) is 3.07. The van der Waals surface area contributed by atoms with Crippen molar-refractivity contribution < 1.29 is 9.18 Å². The SMILES string of the molecule is O=C1CCc2c(Br)c(Cl)cc(F)c21. The van der Waals surface area contributed by atoms with E-state index in [1.54, 1.807) is 0 Å². The summed E-state index contributed by atoms with van der Waals surface area (Å²) < 4.78 is 13.9. The third-order valence-corrected chi connectivity index (χ3v) is 3.58. The molecule has 0 unspecified atom stereocenters. The fourth-order valence-electron chi connectivity index (χ4n) is 1.54. The molecule has 0 bridgehead atoms. The van der Waals surface area contributed by atoms with Crippen LogP contribution >= 0.6 is 27.5 Å². The van der Waals surface area contributed by atoms with Crippen molar-refractivity contribution in [3.63, 3.8) is 0 Å². The first-order chi connectivity index (χ1) is 6.11. The van der Waals surface area contributed by atoms with Crippen LogP contribution in [0.1, 0.15) is 22.3 Å². The zero-order chi connectivity index (χ0) is 9.59. The van der Waals surface area contributed by atoms with Gasteiger partial charge in [0.1, 0.15) is 5.82 Å². The van der Waals surface area contributed by atoms with Gasteiger partial charge in [-0.25, -0.2) is 4.39 Å². The van der Waals surface area contributed by atoms with Crippen molar-refractivity contribution in [1.29, 1.82) is 0 Å². The molecule has 0 fully saturated rings. The molecule has 68 valence electrons. The number of benzene rings is 1. The van der Waals surface area contributed by atoms with Crippen LogP contribution in [0.15, 0.2) is 10.5 Å². The number of rotatable bonds is 0. The highest BCUT2D eigenvalue weighted by molar-refractivity contribution is 9.10. The van der Waals surface area contributed by atoms with E-state index in [1.165, 1.54) is 6.07 Å². The molecule has 0 N–H and O–H groups in total. The van der Waals surface area contributed by atoms with Crippen LogP contribution < -0.4 is 0 Å². The number of fused-ring (bicyclic) bond motifs is 1. The maximum atomic E-state index is 13.3. The Balaban J connectivity index is 2.76. The number of hydrogen-bond acceptors (Lipinski definition) is 1. The first-order valence-electron chi connectivity index (χ1n) is 3.81. The Morgan fingerprint density at radius 1 is 1.46 bits per heavy atom. The summed E-state index contributed by atoms with van der Waals surface area (Å²) >= 11 is 8.99. The van der Waals surface area contributed by atoms with Gasteiger partial charge in [-0.3, -0.25) is 4.79 Å². The summed E-state index contributed by atoms with van der Waals surface area (Å²) in [4.78, 5) is 11.2. The fraction of sp³-hybridized carbons (Fsp3) is 0.222. The summed E-state index contributed by atoms with van der Waals surface area (Å²) in [6, 6.07) is 1.17. The van der Waals surface area contributed by atoms with E-state index in [-0.39, 0.29) is 11.3 Å². The molecule has 1 aliphatic rings. The highest BCUT2D eigenvalue weighted by atomic mass is 79.9. The van der Waals surface area contributed by atoms with Gasteiger partial charge in [-0.05, 0) is 34.0 Å². The van der Waals surface area contributed by atoms with Gasteiger partial charge in [0.2, 0.25) is 0 Å². The summed E-state index contributed by atoms with van der Waals surface area (Å²) in [6.45, 7) is 0. The molecule has 0 saturated heterocycles. The number of ketones is 1. The van der Waals surface area contributed by atoms with E-state index in [2.05, 4.69) is 15.9 Å². The summed E-state index contributed by atoms with van der Waals surface area (Å²) in [5.74, 6) is -0.643. The third-order valence-electron chi connectivity index (χ3n) is 2.15. The Morgan fingerprint density at radius 3 is 2.85 bits per heavy atom. The molecular formula is C9H5BrClFO. The maximum Gasteiger partial charge on any atom is 0.166 e. The van der Waals surface area contributed by atoms with Crippen molar-refractivity contribution in [3.8, 4) is 0 Å². The number of hydrogen-bond donors (Lipinski definition) is 0. The van der Waals surface area contributed by atoms with Crippen molar-refractivity contribution >= 4 is 33.3 Å².